The number of nitrogens with zero attached hydrogens (tertiary/aromatic N) is 4. The summed E-state index contributed by atoms with van der Waals surface area (Å²) in [7, 11) is 3.74. The minimum Gasteiger partial charge on any atom is -0.394 e. The quantitative estimate of drug-likeness (QED) is 0.760. The lowest BCUT2D eigenvalue weighted by molar-refractivity contribution is 0.717. The van der Waals surface area contributed by atoms with E-state index in [-0.39, 0.29) is 0 Å². The predicted octanol–water partition coefficient (Wildman–Crippen LogP) is 0.348. The lowest BCUT2D eigenvalue weighted by atomic mass is 10.4. The second kappa shape index (κ2) is 3.64. The van der Waals surface area contributed by atoms with Gasteiger partial charge in [0.2, 0.25) is 0 Å². The SMILES string of the molecule is Cn1cc(N)c(NCc2ccnn2C)n1. The highest BCUT2D eigenvalue weighted by molar-refractivity contribution is 5.59. The third kappa shape index (κ3) is 1.93. The van der Waals surface area contributed by atoms with Crippen LogP contribution in [0.4, 0.5) is 11.5 Å². The first-order valence-electron chi connectivity index (χ1n) is 4.66. The first kappa shape index (κ1) is 9.57. The van der Waals surface area contributed by atoms with Crippen LogP contribution in [-0.2, 0) is 20.6 Å². The summed E-state index contributed by atoms with van der Waals surface area (Å²) in [6.07, 6.45) is 3.53. The molecule has 2 rings (SSSR count). The second-order valence-corrected chi connectivity index (χ2v) is 3.41. The summed E-state index contributed by atoms with van der Waals surface area (Å²) in [4.78, 5) is 0. The Morgan fingerprint density at radius 3 is 2.80 bits per heavy atom. The van der Waals surface area contributed by atoms with Gasteiger partial charge in [0, 0.05) is 26.5 Å². The third-order valence-electron chi connectivity index (χ3n) is 2.22. The lowest BCUT2D eigenvalue weighted by Gasteiger charge is -2.04. The molecular weight excluding hydrogens is 192 g/mol. The molecule has 6 nitrogen and oxygen atoms in total. The van der Waals surface area contributed by atoms with Gasteiger partial charge in [-0.15, -0.1) is 0 Å². The zero-order chi connectivity index (χ0) is 10.8. The highest BCUT2D eigenvalue weighted by Gasteiger charge is 2.04. The molecule has 0 bridgehead atoms. The van der Waals surface area contributed by atoms with Gasteiger partial charge in [0.25, 0.3) is 0 Å². The van der Waals surface area contributed by atoms with Gasteiger partial charge in [-0.1, -0.05) is 0 Å². The molecule has 0 saturated carbocycles. The van der Waals surface area contributed by atoms with Crippen molar-refractivity contribution in [1.82, 2.24) is 19.6 Å². The van der Waals surface area contributed by atoms with Gasteiger partial charge in [0.1, 0.15) is 0 Å². The fraction of sp³-hybridized carbons (Fsp3) is 0.333. The molecule has 2 aromatic rings. The normalized spacial score (nSPS) is 10.5. The molecule has 2 heterocycles. The standard InChI is InChI=1S/C9H14N6/c1-14-6-8(10)9(13-14)11-5-7-3-4-12-15(7)2/h3-4,6H,5,10H2,1-2H3,(H,11,13). The Balaban J connectivity index is 2.05. The predicted molar refractivity (Wildman–Crippen MR) is 58.2 cm³/mol. The van der Waals surface area contributed by atoms with Crippen molar-refractivity contribution in [3.05, 3.63) is 24.2 Å². The third-order valence-corrected chi connectivity index (χ3v) is 2.22. The smallest absolute Gasteiger partial charge is 0.171 e. The number of rotatable bonds is 3. The fourth-order valence-electron chi connectivity index (χ4n) is 1.39. The minimum atomic E-state index is 0.652. The highest BCUT2D eigenvalue weighted by Crippen LogP contribution is 2.14. The largest absolute Gasteiger partial charge is 0.394 e. The van der Waals surface area contributed by atoms with E-state index in [1.807, 2.05) is 24.8 Å². The van der Waals surface area contributed by atoms with Gasteiger partial charge < -0.3 is 11.1 Å². The summed E-state index contributed by atoms with van der Waals surface area (Å²) in [5, 5.41) is 11.4. The summed E-state index contributed by atoms with van der Waals surface area (Å²) >= 11 is 0. The molecule has 0 radical (unpaired) electrons. The zero-order valence-corrected chi connectivity index (χ0v) is 8.81. The van der Waals surface area contributed by atoms with Crippen molar-refractivity contribution in [2.24, 2.45) is 14.1 Å². The van der Waals surface area contributed by atoms with Crippen LogP contribution in [0, 0.1) is 0 Å². The topological polar surface area (TPSA) is 73.7 Å². The number of nitrogens with two attached hydrogens (primary N) is 1. The average molecular weight is 206 g/mol. The molecule has 6 heteroatoms. The van der Waals surface area contributed by atoms with Gasteiger partial charge in [0.15, 0.2) is 5.82 Å². The Morgan fingerprint density at radius 2 is 2.27 bits per heavy atom. The van der Waals surface area contributed by atoms with E-state index in [1.165, 1.54) is 0 Å². The first-order chi connectivity index (χ1) is 7.16. The van der Waals surface area contributed by atoms with E-state index >= 15 is 0 Å². The molecule has 80 valence electrons. The Kier molecular flexibility index (Phi) is 2.32. The first-order valence-corrected chi connectivity index (χ1v) is 4.66. The maximum atomic E-state index is 5.75. The van der Waals surface area contributed by atoms with Crippen molar-refractivity contribution >= 4 is 11.5 Å². The molecule has 0 spiro atoms. The van der Waals surface area contributed by atoms with Crippen molar-refractivity contribution in [1.29, 1.82) is 0 Å². The molecule has 0 atom stereocenters. The van der Waals surface area contributed by atoms with Crippen molar-refractivity contribution in [2.75, 3.05) is 11.1 Å². The number of hydrogen-bond donors (Lipinski definition) is 2. The second-order valence-electron chi connectivity index (χ2n) is 3.41. The molecule has 0 fully saturated rings. The molecule has 0 aliphatic heterocycles. The van der Waals surface area contributed by atoms with Crippen LogP contribution in [0.5, 0.6) is 0 Å². The van der Waals surface area contributed by atoms with Crippen LogP contribution in [0.1, 0.15) is 5.69 Å². The number of hydrogen-bond acceptors (Lipinski definition) is 4. The van der Waals surface area contributed by atoms with Crippen molar-refractivity contribution in [3.63, 3.8) is 0 Å². The molecular formula is C9H14N6. The van der Waals surface area contributed by atoms with Gasteiger partial charge in [0.05, 0.1) is 17.9 Å². The lowest BCUT2D eigenvalue weighted by Crippen LogP contribution is -2.07. The van der Waals surface area contributed by atoms with Crippen molar-refractivity contribution in [3.8, 4) is 0 Å². The van der Waals surface area contributed by atoms with Gasteiger partial charge in [-0.05, 0) is 6.07 Å². The highest BCUT2D eigenvalue weighted by atomic mass is 15.3. The summed E-state index contributed by atoms with van der Waals surface area (Å²) in [6.45, 7) is 0.664. The number of anilines is 2. The van der Waals surface area contributed by atoms with Gasteiger partial charge in [-0.2, -0.15) is 10.2 Å². The van der Waals surface area contributed by atoms with Crippen LogP contribution in [0.3, 0.4) is 0 Å². The maximum absolute atomic E-state index is 5.75. The van der Waals surface area contributed by atoms with Gasteiger partial charge in [-0.25, -0.2) is 0 Å². The zero-order valence-electron chi connectivity index (χ0n) is 8.81. The van der Waals surface area contributed by atoms with Gasteiger partial charge >= 0.3 is 0 Å². The Bertz CT molecular complexity index is 455. The Hall–Kier alpha value is -1.98. The van der Waals surface area contributed by atoms with Crippen LogP contribution in [0.25, 0.3) is 0 Å². The van der Waals surface area contributed by atoms with E-state index in [2.05, 4.69) is 15.5 Å². The monoisotopic (exact) mass is 206 g/mol. The fourth-order valence-corrected chi connectivity index (χ4v) is 1.39. The molecule has 2 aromatic heterocycles. The number of aromatic nitrogens is 4. The molecule has 15 heavy (non-hydrogen) atoms. The number of aryl methyl sites for hydroxylation is 2. The molecule has 0 unspecified atom stereocenters. The maximum Gasteiger partial charge on any atom is 0.171 e. The van der Waals surface area contributed by atoms with E-state index in [9.17, 15) is 0 Å². The minimum absolute atomic E-state index is 0.652. The molecule has 0 amide bonds. The number of nitrogens with one attached hydrogen (secondary N) is 1. The molecule has 0 aliphatic carbocycles. The molecule has 0 aromatic carbocycles. The summed E-state index contributed by atoms with van der Waals surface area (Å²) in [6, 6.07) is 1.95. The van der Waals surface area contributed by atoms with E-state index in [4.69, 9.17) is 5.73 Å². The summed E-state index contributed by atoms with van der Waals surface area (Å²) in [5.41, 5.74) is 7.49. The van der Waals surface area contributed by atoms with Crippen LogP contribution in [0.2, 0.25) is 0 Å². The van der Waals surface area contributed by atoms with Gasteiger partial charge in [-0.3, -0.25) is 9.36 Å². The average Bonchev–Trinajstić information content (AvgIpc) is 2.70. The van der Waals surface area contributed by atoms with Crippen LogP contribution in [-0.4, -0.2) is 19.6 Å². The van der Waals surface area contributed by atoms with Crippen molar-refractivity contribution < 1.29 is 0 Å². The van der Waals surface area contributed by atoms with Crippen molar-refractivity contribution in [2.45, 2.75) is 6.54 Å². The van der Waals surface area contributed by atoms with Crippen LogP contribution < -0.4 is 11.1 Å². The number of nitrogen functional groups attached to an aromatic ring is 1. The molecule has 3 N–H and O–H groups in total. The van der Waals surface area contributed by atoms with E-state index < -0.39 is 0 Å². The molecule has 0 aliphatic rings. The Morgan fingerprint density at radius 1 is 1.47 bits per heavy atom. The molecule has 0 saturated heterocycles. The Labute approximate surface area is 87.7 Å². The summed E-state index contributed by atoms with van der Waals surface area (Å²) in [5.74, 6) is 0.707. The van der Waals surface area contributed by atoms with E-state index in [0.717, 1.165) is 5.69 Å². The van der Waals surface area contributed by atoms with E-state index in [1.54, 1.807) is 17.1 Å². The summed E-state index contributed by atoms with van der Waals surface area (Å²) < 4.78 is 3.49. The van der Waals surface area contributed by atoms with Crippen LogP contribution >= 0.6 is 0 Å². The van der Waals surface area contributed by atoms with E-state index in [0.29, 0.717) is 18.1 Å². The van der Waals surface area contributed by atoms with Crippen LogP contribution in [0.15, 0.2) is 18.5 Å².